The van der Waals surface area contributed by atoms with E-state index in [0.29, 0.717) is 16.7 Å². The van der Waals surface area contributed by atoms with Crippen LogP contribution in [0.4, 0.5) is 10.1 Å². The maximum Gasteiger partial charge on any atom is 0.147 e. The zero-order valence-electron chi connectivity index (χ0n) is 8.32. The minimum Gasteiger partial charge on any atom is -0.376 e. The summed E-state index contributed by atoms with van der Waals surface area (Å²) in [4.78, 5) is 8.02. The zero-order valence-corrected chi connectivity index (χ0v) is 9.91. The van der Waals surface area contributed by atoms with Crippen molar-refractivity contribution in [3.05, 3.63) is 52.8 Å². The standard InChI is InChI=1S/C11H9BrFN3/c12-9-2-1-3-10(13)11(9)16-7-8-6-14-4-5-15-8/h1-6,16H,7H2. The second kappa shape index (κ2) is 5.03. The minimum absolute atomic E-state index is 0.293. The summed E-state index contributed by atoms with van der Waals surface area (Å²) in [6.45, 7) is 0.438. The van der Waals surface area contributed by atoms with Crippen LogP contribution in [0.5, 0.6) is 0 Å². The van der Waals surface area contributed by atoms with Gasteiger partial charge in [0.05, 0.1) is 24.1 Å². The molecule has 0 radical (unpaired) electrons. The summed E-state index contributed by atoms with van der Waals surface area (Å²) in [7, 11) is 0. The molecule has 0 aliphatic heterocycles. The van der Waals surface area contributed by atoms with E-state index < -0.39 is 0 Å². The van der Waals surface area contributed by atoms with Gasteiger partial charge in [-0.05, 0) is 28.1 Å². The second-order valence-electron chi connectivity index (χ2n) is 3.15. The van der Waals surface area contributed by atoms with E-state index in [0.717, 1.165) is 5.69 Å². The molecular formula is C11H9BrFN3. The van der Waals surface area contributed by atoms with E-state index in [2.05, 4.69) is 31.2 Å². The molecule has 1 aromatic carbocycles. The van der Waals surface area contributed by atoms with Crippen molar-refractivity contribution in [2.75, 3.05) is 5.32 Å². The molecule has 0 unspecified atom stereocenters. The van der Waals surface area contributed by atoms with E-state index in [1.54, 1.807) is 30.7 Å². The van der Waals surface area contributed by atoms with Crippen molar-refractivity contribution >= 4 is 21.6 Å². The molecule has 1 aromatic heterocycles. The van der Waals surface area contributed by atoms with Gasteiger partial charge in [0, 0.05) is 16.9 Å². The molecule has 2 aromatic rings. The highest BCUT2D eigenvalue weighted by Gasteiger charge is 2.05. The van der Waals surface area contributed by atoms with Gasteiger partial charge in [-0.2, -0.15) is 0 Å². The molecule has 0 fully saturated rings. The van der Waals surface area contributed by atoms with Crippen molar-refractivity contribution in [2.45, 2.75) is 6.54 Å². The molecule has 0 spiro atoms. The van der Waals surface area contributed by atoms with Gasteiger partial charge in [0.25, 0.3) is 0 Å². The van der Waals surface area contributed by atoms with Crippen LogP contribution < -0.4 is 5.32 Å². The average molecular weight is 282 g/mol. The molecule has 5 heteroatoms. The highest BCUT2D eigenvalue weighted by atomic mass is 79.9. The van der Waals surface area contributed by atoms with E-state index >= 15 is 0 Å². The van der Waals surface area contributed by atoms with Crippen molar-refractivity contribution in [3.8, 4) is 0 Å². The van der Waals surface area contributed by atoms with Crippen molar-refractivity contribution < 1.29 is 4.39 Å². The average Bonchev–Trinajstić information content (AvgIpc) is 2.30. The van der Waals surface area contributed by atoms with Crippen LogP contribution >= 0.6 is 15.9 Å². The van der Waals surface area contributed by atoms with Crippen LogP contribution in [0.2, 0.25) is 0 Å². The summed E-state index contributed by atoms with van der Waals surface area (Å²) in [5, 5.41) is 2.97. The number of nitrogens with one attached hydrogen (secondary N) is 1. The Morgan fingerprint density at radius 3 is 2.88 bits per heavy atom. The molecule has 82 valence electrons. The fraction of sp³-hybridized carbons (Fsp3) is 0.0909. The van der Waals surface area contributed by atoms with Crippen LogP contribution in [0.25, 0.3) is 0 Å². The van der Waals surface area contributed by atoms with Crippen LogP contribution in [0.3, 0.4) is 0 Å². The van der Waals surface area contributed by atoms with Crippen LogP contribution in [-0.2, 0) is 6.54 Å². The molecule has 0 aliphatic rings. The van der Waals surface area contributed by atoms with Gasteiger partial charge in [-0.3, -0.25) is 9.97 Å². The number of halogens is 2. The molecule has 1 N–H and O–H groups in total. The Morgan fingerprint density at radius 2 is 2.19 bits per heavy atom. The molecule has 0 atom stereocenters. The lowest BCUT2D eigenvalue weighted by molar-refractivity contribution is 0.629. The second-order valence-corrected chi connectivity index (χ2v) is 4.00. The molecule has 0 saturated carbocycles. The van der Waals surface area contributed by atoms with Crippen LogP contribution in [-0.4, -0.2) is 9.97 Å². The lowest BCUT2D eigenvalue weighted by atomic mass is 10.3. The van der Waals surface area contributed by atoms with Crippen LogP contribution in [0, 0.1) is 5.82 Å². The number of aromatic nitrogens is 2. The normalized spacial score (nSPS) is 10.1. The number of nitrogens with zero attached hydrogens (tertiary/aromatic N) is 2. The Morgan fingerprint density at radius 1 is 1.31 bits per heavy atom. The predicted octanol–water partition coefficient (Wildman–Crippen LogP) is 2.99. The van der Waals surface area contributed by atoms with E-state index in [-0.39, 0.29) is 5.82 Å². The Hall–Kier alpha value is -1.49. The van der Waals surface area contributed by atoms with Gasteiger partial charge in [0.2, 0.25) is 0 Å². The third kappa shape index (κ3) is 2.55. The molecular weight excluding hydrogens is 273 g/mol. The van der Waals surface area contributed by atoms with E-state index in [9.17, 15) is 4.39 Å². The Labute approximate surface area is 101 Å². The molecule has 0 bridgehead atoms. The maximum absolute atomic E-state index is 13.4. The zero-order chi connectivity index (χ0) is 11.4. The summed E-state index contributed by atoms with van der Waals surface area (Å²) in [6, 6.07) is 4.83. The summed E-state index contributed by atoms with van der Waals surface area (Å²) >= 11 is 3.28. The molecule has 16 heavy (non-hydrogen) atoms. The summed E-state index contributed by atoms with van der Waals surface area (Å²) in [6.07, 6.45) is 4.84. The van der Waals surface area contributed by atoms with Gasteiger partial charge in [-0.15, -0.1) is 0 Å². The largest absolute Gasteiger partial charge is 0.376 e. The SMILES string of the molecule is Fc1cccc(Br)c1NCc1cnccn1. The number of anilines is 1. The van der Waals surface area contributed by atoms with Crippen molar-refractivity contribution in [1.82, 2.24) is 9.97 Å². The van der Waals surface area contributed by atoms with Gasteiger partial charge in [-0.1, -0.05) is 6.07 Å². The fourth-order valence-electron chi connectivity index (χ4n) is 1.27. The lowest BCUT2D eigenvalue weighted by Gasteiger charge is -2.08. The molecule has 0 amide bonds. The summed E-state index contributed by atoms with van der Waals surface area (Å²) in [5.74, 6) is -0.293. The van der Waals surface area contributed by atoms with E-state index in [1.807, 2.05) is 0 Å². The highest BCUT2D eigenvalue weighted by molar-refractivity contribution is 9.10. The van der Waals surface area contributed by atoms with Gasteiger partial charge >= 0.3 is 0 Å². The third-order valence-corrected chi connectivity index (χ3v) is 2.69. The summed E-state index contributed by atoms with van der Waals surface area (Å²) < 4.78 is 14.1. The minimum atomic E-state index is -0.293. The van der Waals surface area contributed by atoms with Crippen molar-refractivity contribution in [1.29, 1.82) is 0 Å². The van der Waals surface area contributed by atoms with Crippen LogP contribution in [0.1, 0.15) is 5.69 Å². The molecule has 0 saturated heterocycles. The first kappa shape index (κ1) is 11.0. The topological polar surface area (TPSA) is 37.8 Å². The quantitative estimate of drug-likeness (QED) is 0.940. The monoisotopic (exact) mass is 281 g/mol. The highest BCUT2D eigenvalue weighted by Crippen LogP contribution is 2.25. The Bertz CT molecular complexity index is 456. The maximum atomic E-state index is 13.4. The molecule has 0 aliphatic carbocycles. The number of rotatable bonds is 3. The molecule has 1 heterocycles. The van der Waals surface area contributed by atoms with Gasteiger partial charge < -0.3 is 5.32 Å². The first-order valence-corrected chi connectivity index (χ1v) is 5.49. The fourth-order valence-corrected chi connectivity index (χ4v) is 1.75. The number of benzene rings is 1. The lowest BCUT2D eigenvalue weighted by Crippen LogP contribution is -2.04. The Kier molecular flexibility index (Phi) is 3.46. The van der Waals surface area contributed by atoms with E-state index in [4.69, 9.17) is 0 Å². The van der Waals surface area contributed by atoms with E-state index in [1.165, 1.54) is 6.07 Å². The smallest absolute Gasteiger partial charge is 0.147 e. The predicted molar refractivity (Wildman–Crippen MR) is 63.5 cm³/mol. The summed E-state index contributed by atoms with van der Waals surface area (Å²) in [5.41, 5.74) is 1.20. The number of para-hydroxylation sites is 1. The first-order valence-electron chi connectivity index (χ1n) is 4.70. The number of hydrogen-bond donors (Lipinski definition) is 1. The molecule has 3 nitrogen and oxygen atoms in total. The van der Waals surface area contributed by atoms with Crippen molar-refractivity contribution in [3.63, 3.8) is 0 Å². The molecule has 2 rings (SSSR count). The van der Waals surface area contributed by atoms with Crippen LogP contribution in [0.15, 0.2) is 41.3 Å². The number of hydrogen-bond acceptors (Lipinski definition) is 3. The third-order valence-electron chi connectivity index (χ3n) is 2.03. The van der Waals surface area contributed by atoms with Gasteiger partial charge in [-0.25, -0.2) is 4.39 Å². The Balaban J connectivity index is 2.11. The van der Waals surface area contributed by atoms with Crippen molar-refractivity contribution in [2.24, 2.45) is 0 Å². The first-order chi connectivity index (χ1) is 7.77. The van der Waals surface area contributed by atoms with Gasteiger partial charge in [0.15, 0.2) is 0 Å². The van der Waals surface area contributed by atoms with Gasteiger partial charge in [0.1, 0.15) is 5.82 Å².